The fourth-order valence-corrected chi connectivity index (χ4v) is 5.42. The third-order valence-electron chi connectivity index (χ3n) is 7.35. The summed E-state index contributed by atoms with van der Waals surface area (Å²) >= 11 is 0. The van der Waals surface area contributed by atoms with Crippen LogP contribution in [0.5, 0.6) is 0 Å². The highest BCUT2D eigenvalue weighted by Crippen LogP contribution is 2.39. The number of furan rings is 2. The normalized spacial score (nSPS) is 12.4. The summed E-state index contributed by atoms with van der Waals surface area (Å²) in [7, 11) is 0. The molecule has 0 N–H and O–H groups in total. The van der Waals surface area contributed by atoms with Crippen molar-refractivity contribution < 1.29 is 8.83 Å². The van der Waals surface area contributed by atoms with Crippen molar-refractivity contribution in [3.05, 3.63) is 89.9 Å². The van der Waals surface area contributed by atoms with Crippen LogP contribution in [-0.4, -0.2) is 4.98 Å². The molecule has 6 rings (SSSR count). The molecule has 3 aromatic carbocycles. The summed E-state index contributed by atoms with van der Waals surface area (Å²) in [6, 6.07) is 23.9. The second-order valence-electron chi connectivity index (χ2n) is 11.6. The second kappa shape index (κ2) is 8.62. The summed E-state index contributed by atoms with van der Waals surface area (Å²) in [6.07, 6.45) is 2.67. The van der Waals surface area contributed by atoms with E-state index in [0.717, 1.165) is 45.5 Å². The number of rotatable bonds is 4. The molecule has 0 saturated heterocycles. The second-order valence-corrected chi connectivity index (χ2v) is 11.6. The van der Waals surface area contributed by atoms with Crippen molar-refractivity contribution >= 4 is 32.8 Å². The van der Waals surface area contributed by atoms with Gasteiger partial charge in [0, 0.05) is 22.8 Å². The highest BCUT2D eigenvalue weighted by atomic mass is 16.3. The Kier molecular flexibility index (Phi) is 5.49. The van der Waals surface area contributed by atoms with E-state index in [2.05, 4.69) is 102 Å². The number of hydrogen-bond donors (Lipinski definition) is 0. The van der Waals surface area contributed by atoms with Crippen LogP contribution >= 0.6 is 0 Å². The van der Waals surface area contributed by atoms with Crippen LogP contribution in [0.25, 0.3) is 55.2 Å². The van der Waals surface area contributed by atoms with Gasteiger partial charge in [-0.2, -0.15) is 0 Å². The summed E-state index contributed by atoms with van der Waals surface area (Å²) in [5.74, 6) is 1.63. The van der Waals surface area contributed by atoms with E-state index in [1.807, 2.05) is 6.07 Å². The fourth-order valence-electron chi connectivity index (χ4n) is 5.42. The molecule has 3 heteroatoms. The predicted molar refractivity (Wildman–Crippen MR) is 154 cm³/mol. The minimum Gasteiger partial charge on any atom is -0.461 e. The Morgan fingerprint density at radius 1 is 0.838 bits per heavy atom. The lowest BCUT2D eigenvalue weighted by Gasteiger charge is -2.22. The SMILES string of the molecule is Cc1c(CC(C)C)oc2cc(-c3cc(-c4cc(C(C)(C)C)c5ccccc5c4)nc4occc34)ccc12. The van der Waals surface area contributed by atoms with Crippen molar-refractivity contribution in [2.45, 2.75) is 53.4 Å². The number of benzene rings is 3. The largest absolute Gasteiger partial charge is 0.461 e. The number of nitrogens with zero attached hydrogens (tertiary/aromatic N) is 1. The van der Waals surface area contributed by atoms with Gasteiger partial charge in [-0.15, -0.1) is 0 Å². The van der Waals surface area contributed by atoms with Crippen molar-refractivity contribution in [1.82, 2.24) is 4.98 Å². The number of aryl methyl sites for hydroxylation is 1. The molecule has 0 aliphatic carbocycles. The first-order valence-corrected chi connectivity index (χ1v) is 13.1. The molecule has 186 valence electrons. The lowest BCUT2D eigenvalue weighted by atomic mass is 9.82. The molecule has 0 bridgehead atoms. The summed E-state index contributed by atoms with van der Waals surface area (Å²) in [4.78, 5) is 4.94. The molecule has 0 unspecified atom stereocenters. The zero-order valence-electron chi connectivity index (χ0n) is 22.5. The minimum absolute atomic E-state index is 0.00308. The van der Waals surface area contributed by atoms with E-state index in [4.69, 9.17) is 13.8 Å². The lowest BCUT2D eigenvalue weighted by Crippen LogP contribution is -2.12. The van der Waals surface area contributed by atoms with Gasteiger partial charge in [-0.1, -0.05) is 71.0 Å². The standard InChI is InChI=1S/C34H33NO2/c1-20(2)15-31-21(3)25-12-11-23(18-32(25)37-31)28-19-30(35-33-27(28)13-14-36-33)24-16-22-9-7-8-10-26(22)29(17-24)34(4,5)6/h7-14,16-20H,15H2,1-6H3. The van der Waals surface area contributed by atoms with Crippen LogP contribution in [0.4, 0.5) is 0 Å². The first kappa shape index (κ1) is 23.5. The van der Waals surface area contributed by atoms with Crippen LogP contribution < -0.4 is 0 Å². The number of aromatic nitrogens is 1. The van der Waals surface area contributed by atoms with Gasteiger partial charge in [0.1, 0.15) is 11.3 Å². The molecule has 0 radical (unpaired) electrons. The smallest absolute Gasteiger partial charge is 0.227 e. The molecule has 37 heavy (non-hydrogen) atoms. The molecule has 0 saturated carbocycles. The van der Waals surface area contributed by atoms with Crippen molar-refractivity contribution in [2.24, 2.45) is 5.92 Å². The van der Waals surface area contributed by atoms with Gasteiger partial charge in [0.05, 0.1) is 12.0 Å². The fraction of sp³-hybridized carbons (Fsp3) is 0.265. The summed E-state index contributed by atoms with van der Waals surface area (Å²) < 4.78 is 12.2. The van der Waals surface area contributed by atoms with Crippen LogP contribution in [0.1, 0.15) is 51.5 Å². The molecule has 3 nitrogen and oxygen atoms in total. The van der Waals surface area contributed by atoms with Gasteiger partial charge in [0.15, 0.2) is 0 Å². The molecular weight excluding hydrogens is 454 g/mol. The van der Waals surface area contributed by atoms with Gasteiger partial charge in [-0.25, -0.2) is 4.98 Å². The number of hydrogen-bond acceptors (Lipinski definition) is 3. The zero-order chi connectivity index (χ0) is 25.9. The summed E-state index contributed by atoms with van der Waals surface area (Å²) in [5.41, 5.74) is 8.34. The molecule has 0 amide bonds. The van der Waals surface area contributed by atoms with Crippen LogP contribution in [0.3, 0.4) is 0 Å². The van der Waals surface area contributed by atoms with E-state index in [1.54, 1.807) is 6.26 Å². The van der Waals surface area contributed by atoms with Crippen molar-refractivity contribution in [1.29, 1.82) is 0 Å². The maximum Gasteiger partial charge on any atom is 0.227 e. The van der Waals surface area contributed by atoms with Gasteiger partial charge in [-0.3, -0.25) is 0 Å². The van der Waals surface area contributed by atoms with Crippen molar-refractivity contribution in [3.63, 3.8) is 0 Å². The highest BCUT2D eigenvalue weighted by Gasteiger charge is 2.20. The van der Waals surface area contributed by atoms with E-state index in [9.17, 15) is 0 Å². The maximum absolute atomic E-state index is 6.34. The summed E-state index contributed by atoms with van der Waals surface area (Å²) in [6.45, 7) is 13.4. The maximum atomic E-state index is 6.34. The van der Waals surface area contributed by atoms with E-state index < -0.39 is 0 Å². The first-order chi connectivity index (χ1) is 17.7. The summed E-state index contributed by atoms with van der Waals surface area (Å²) in [5, 5.41) is 4.69. The van der Waals surface area contributed by atoms with Gasteiger partial charge >= 0.3 is 0 Å². The number of pyridine rings is 1. The molecule has 3 aromatic heterocycles. The van der Waals surface area contributed by atoms with Gasteiger partial charge in [-0.05, 0) is 81.6 Å². The van der Waals surface area contributed by atoms with Crippen LogP contribution in [0, 0.1) is 12.8 Å². The molecule has 0 fully saturated rings. The van der Waals surface area contributed by atoms with Gasteiger partial charge in [0.2, 0.25) is 5.71 Å². The van der Waals surface area contributed by atoms with Crippen LogP contribution in [0.15, 0.2) is 81.8 Å². The first-order valence-electron chi connectivity index (χ1n) is 13.1. The van der Waals surface area contributed by atoms with E-state index >= 15 is 0 Å². The van der Waals surface area contributed by atoms with Crippen LogP contribution in [0.2, 0.25) is 0 Å². The third kappa shape index (κ3) is 4.13. The molecule has 0 aliphatic heterocycles. The Labute approximate surface area is 218 Å². The van der Waals surface area contributed by atoms with Crippen LogP contribution in [-0.2, 0) is 11.8 Å². The molecule has 0 spiro atoms. The van der Waals surface area contributed by atoms with Gasteiger partial charge < -0.3 is 8.83 Å². The Hall–Kier alpha value is -3.85. The Balaban J connectivity index is 1.55. The Bertz CT molecular complexity index is 1780. The average Bonchev–Trinajstić information content (AvgIpc) is 3.46. The molecule has 3 heterocycles. The van der Waals surface area contributed by atoms with E-state index in [-0.39, 0.29) is 5.41 Å². The minimum atomic E-state index is 0.00308. The molecular formula is C34H33NO2. The molecule has 0 atom stereocenters. The third-order valence-corrected chi connectivity index (χ3v) is 7.35. The van der Waals surface area contributed by atoms with Crippen molar-refractivity contribution in [2.75, 3.05) is 0 Å². The van der Waals surface area contributed by atoms with Gasteiger partial charge in [0.25, 0.3) is 0 Å². The highest BCUT2D eigenvalue weighted by molar-refractivity contribution is 5.98. The van der Waals surface area contributed by atoms with Crippen molar-refractivity contribution in [3.8, 4) is 22.4 Å². The topological polar surface area (TPSA) is 39.2 Å². The average molecular weight is 488 g/mol. The quantitative estimate of drug-likeness (QED) is 0.248. The number of fused-ring (bicyclic) bond motifs is 3. The molecule has 6 aromatic rings. The lowest BCUT2D eigenvalue weighted by molar-refractivity contribution is 0.496. The Morgan fingerprint density at radius 3 is 2.43 bits per heavy atom. The molecule has 0 aliphatic rings. The van der Waals surface area contributed by atoms with E-state index in [1.165, 1.54) is 27.3 Å². The predicted octanol–water partition coefficient (Wildman–Crippen LogP) is 9.87. The zero-order valence-corrected chi connectivity index (χ0v) is 22.5. The Morgan fingerprint density at radius 2 is 1.65 bits per heavy atom. The monoisotopic (exact) mass is 487 g/mol. The van der Waals surface area contributed by atoms with E-state index in [0.29, 0.717) is 11.6 Å².